The molecule has 20 heavy (non-hydrogen) atoms. The number of aliphatic hydroxyl groups is 1. The summed E-state index contributed by atoms with van der Waals surface area (Å²) in [4.78, 5) is 32.9. The Morgan fingerprint density at radius 3 is 2.05 bits per heavy atom. The van der Waals surface area contributed by atoms with Crippen LogP contribution in [0.15, 0.2) is 0 Å². The smallest absolute Gasteiger partial charge is 0.325 e. The van der Waals surface area contributed by atoms with Crippen LogP contribution < -0.4 is 10.6 Å². The molecule has 118 valence electrons. The molecule has 0 aliphatic carbocycles. The van der Waals surface area contributed by atoms with Crippen LogP contribution >= 0.6 is 0 Å². The molecular weight excluding hydrogens is 264 g/mol. The molecule has 0 aromatic heterocycles. The van der Waals surface area contributed by atoms with Gasteiger partial charge in [0.2, 0.25) is 11.8 Å². The van der Waals surface area contributed by atoms with Crippen LogP contribution in [0.2, 0.25) is 0 Å². The topological polar surface area (TPSA) is 105 Å². The Labute approximate surface area is 120 Å². The summed E-state index contributed by atoms with van der Waals surface area (Å²) in [5.74, 6) is -0.813. The molecule has 0 bridgehead atoms. The fourth-order valence-electron chi connectivity index (χ4n) is 0.934. The van der Waals surface area contributed by atoms with Gasteiger partial charge in [0.05, 0.1) is 13.2 Å². The highest BCUT2D eigenvalue weighted by atomic mass is 16.5. The molecule has 7 heteroatoms. The maximum Gasteiger partial charge on any atom is 0.325 e. The Morgan fingerprint density at radius 2 is 1.70 bits per heavy atom. The monoisotopic (exact) mass is 290 g/mol. The van der Waals surface area contributed by atoms with Gasteiger partial charge in [0.25, 0.3) is 0 Å². The molecule has 0 aliphatic rings. The number of hydrogen-bond donors (Lipinski definition) is 3. The summed E-state index contributed by atoms with van der Waals surface area (Å²) in [5, 5.41) is 13.3. The van der Waals surface area contributed by atoms with E-state index in [4.69, 9.17) is 5.11 Å². The zero-order valence-electron chi connectivity index (χ0n) is 12.9. The van der Waals surface area contributed by atoms with Gasteiger partial charge in [-0.05, 0) is 12.8 Å². The SMILES string of the molecule is CC(C)C.CCOC(=O)CNC(=O)C(CO)NC(C)=O. The molecular formula is C13H26N2O5. The number of carbonyl (C=O) groups is 3. The van der Waals surface area contributed by atoms with Crippen LogP contribution in [0.3, 0.4) is 0 Å². The molecule has 0 saturated carbocycles. The van der Waals surface area contributed by atoms with E-state index in [2.05, 4.69) is 36.1 Å². The van der Waals surface area contributed by atoms with Gasteiger partial charge in [-0.3, -0.25) is 14.4 Å². The summed E-state index contributed by atoms with van der Waals surface area (Å²) >= 11 is 0. The Balaban J connectivity index is 0. The maximum absolute atomic E-state index is 11.3. The van der Waals surface area contributed by atoms with Crippen molar-refractivity contribution < 1.29 is 24.2 Å². The van der Waals surface area contributed by atoms with Crippen molar-refractivity contribution in [2.75, 3.05) is 19.8 Å². The molecule has 0 spiro atoms. The molecule has 1 atom stereocenters. The third kappa shape index (κ3) is 14.4. The fraction of sp³-hybridized carbons (Fsp3) is 0.769. The van der Waals surface area contributed by atoms with Crippen molar-refractivity contribution in [2.24, 2.45) is 5.92 Å². The van der Waals surface area contributed by atoms with Crippen molar-refractivity contribution in [1.29, 1.82) is 0 Å². The number of esters is 1. The lowest BCUT2D eigenvalue weighted by molar-refractivity contribution is -0.143. The number of hydrogen-bond acceptors (Lipinski definition) is 5. The lowest BCUT2D eigenvalue weighted by Crippen LogP contribution is -2.49. The van der Waals surface area contributed by atoms with Gasteiger partial charge in [0, 0.05) is 6.92 Å². The third-order valence-electron chi connectivity index (χ3n) is 1.59. The van der Waals surface area contributed by atoms with Crippen molar-refractivity contribution in [1.82, 2.24) is 10.6 Å². The van der Waals surface area contributed by atoms with E-state index in [1.54, 1.807) is 6.92 Å². The standard InChI is InChI=1S/C9H16N2O5.C4H10/c1-3-16-8(14)4-10-9(15)7(5-12)11-6(2)13;1-4(2)3/h7,12H,3-5H2,1-2H3,(H,10,15)(H,11,13);4H,1-3H3. The molecule has 3 N–H and O–H groups in total. The highest BCUT2D eigenvalue weighted by Crippen LogP contribution is 1.84. The highest BCUT2D eigenvalue weighted by Gasteiger charge is 2.18. The van der Waals surface area contributed by atoms with Gasteiger partial charge in [0.15, 0.2) is 0 Å². The second-order valence-electron chi connectivity index (χ2n) is 4.69. The molecule has 0 aromatic rings. The van der Waals surface area contributed by atoms with Gasteiger partial charge in [0.1, 0.15) is 12.6 Å². The minimum absolute atomic E-state index is 0.226. The van der Waals surface area contributed by atoms with Crippen LogP contribution in [0.5, 0.6) is 0 Å². The van der Waals surface area contributed by atoms with Crippen LogP contribution in [-0.2, 0) is 19.1 Å². The Kier molecular flexibility index (Phi) is 12.8. The number of aliphatic hydroxyl groups excluding tert-OH is 1. The first kappa shape index (κ1) is 20.7. The largest absolute Gasteiger partial charge is 0.465 e. The van der Waals surface area contributed by atoms with Crippen LogP contribution in [0.1, 0.15) is 34.6 Å². The Morgan fingerprint density at radius 1 is 1.20 bits per heavy atom. The minimum atomic E-state index is -1.05. The predicted octanol–water partition coefficient (Wildman–Crippen LogP) is -0.175. The normalized spacial score (nSPS) is 10.9. The van der Waals surface area contributed by atoms with E-state index in [1.807, 2.05) is 0 Å². The third-order valence-corrected chi connectivity index (χ3v) is 1.59. The average Bonchev–Trinajstić information content (AvgIpc) is 2.32. The summed E-state index contributed by atoms with van der Waals surface area (Å²) in [7, 11) is 0. The predicted molar refractivity (Wildman–Crippen MR) is 74.8 cm³/mol. The van der Waals surface area contributed by atoms with Crippen molar-refractivity contribution in [3.8, 4) is 0 Å². The molecule has 0 radical (unpaired) electrons. The lowest BCUT2D eigenvalue weighted by atomic mass is 10.3. The number of carbonyl (C=O) groups excluding carboxylic acids is 3. The zero-order chi connectivity index (χ0) is 16.1. The first-order valence-corrected chi connectivity index (χ1v) is 6.55. The molecule has 0 rings (SSSR count). The van der Waals surface area contributed by atoms with E-state index >= 15 is 0 Å². The summed E-state index contributed by atoms with van der Waals surface area (Å²) in [6.45, 7) is 8.77. The molecule has 0 aliphatic heterocycles. The first-order valence-electron chi connectivity index (χ1n) is 6.55. The fourth-order valence-corrected chi connectivity index (χ4v) is 0.934. The zero-order valence-corrected chi connectivity index (χ0v) is 12.9. The van der Waals surface area contributed by atoms with Crippen LogP contribution in [0.4, 0.5) is 0 Å². The number of ether oxygens (including phenoxy) is 1. The molecule has 2 amide bonds. The van der Waals surface area contributed by atoms with Gasteiger partial charge in [-0.2, -0.15) is 0 Å². The lowest BCUT2D eigenvalue weighted by Gasteiger charge is -2.14. The van der Waals surface area contributed by atoms with Crippen molar-refractivity contribution in [2.45, 2.75) is 40.7 Å². The summed E-state index contributed by atoms with van der Waals surface area (Å²) < 4.78 is 4.58. The van der Waals surface area contributed by atoms with E-state index in [0.717, 1.165) is 5.92 Å². The van der Waals surface area contributed by atoms with Gasteiger partial charge in [-0.25, -0.2) is 0 Å². The van der Waals surface area contributed by atoms with Crippen molar-refractivity contribution >= 4 is 17.8 Å². The van der Waals surface area contributed by atoms with Crippen molar-refractivity contribution in [3.05, 3.63) is 0 Å². The van der Waals surface area contributed by atoms with Gasteiger partial charge in [-0.15, -0.1) is 0 Å². The summed E-state index contributed by atoms with van der Waals surface area (Å²) in [6, 6.07) is -1.05. The van der Waals surface area contributed by atoms with Gasteiger partial charge in [-0.1, -0.05) is 20.8 Å². The second kappa shape index (κ2) is 12.4. The highest BCUT2D eigenvalue weighted by molar-refractivity contribution is 5.89. The van der Waals surface area contributed by atoms with Crippen LogP contribution in [-0.4, -0.2) is 48.7 Å². The van der Waals surface area contributed by atoms with Crippen molar-refractivity contribution in [3.63, 3.8) is 0 Å². The first-order chi connectivity index (χ1) is 9.24. The number of rotatable bonds is 6. The van der Waals surface area contributed by atoms with E-state index in [1.165, 1.54) is 6.92 Å². The number of nitrogens with one attached hydrogen (secondary N) is 2. The molecule has 0 fully saturated rings. The van der Waals surface area contributed by atoms with E-state index < -0.39 is 30.4 Å². The van der Waals surface area contributed by atoms with Gasteiger partial charge >= 0.3 is 5.97 Å². The quantitative estimate of drug-likeness (QED) is 0.589. The number of amides is 2. The Hall–Kier alpha value is -1.63. The van der Waals surface area contributed by atoms with E-state index in [-0.39, 0.29) is 13.2 Å². The van der Waals surface area contributed by atoms with Gasteiger partial charge < -0.3 is 20.5 Å². The maximum atomic E-state index is 11.3. The molecule has 0 heterocycles. The summed E-state index contributed by atoms with van der Waals surface area (Å²) in [6.07, 6.45) is 0. The molecule has 0 saturated heterocycles. The average molecular weight is 290 g/mol. The Bertz CT molecular complexity index is 302. The molecule has 0 aromatic carbocycles. The van der Waals surface area contributed by atoms with E-state index in [0.29, 0.717) is 0 Å². The molecule has 7 nitrogen and oxygen atoms in total. The van der Waals surface area contributed by atoms with Crippen LogP contribution in [0.25, 0.3) is 0 Å². The van der Waals surface area contributed by atoms with E-state index in [9.17, 15) is 14.4 Å². The summed E-state index contributed by atoms with van der Waals surface area (Å²) in [5.41, 5.74) is 0. The molecule has 1 unspecified atom stereocenters. The minimum Gasteiger partial charge on any atom is -0.465 e. The second-order valence-corrected chi connectivity index (χ2v) is 4.69. The van der Waals surface area contributed by atoms with Crippen LogP contribution in [0, 0.1) is 5.92 Å².